The average Bonchev–Trinajstić information content (AvgIpc) is 3.04. The van der Waals surface area contributed by atoms with Crippen LogP contribution in [0.3, 0.4) is 0 Å². The Morgan fingerprint density at radius 1 is 0.717 bits per heavy atom. The van der Waals surface area contributed by atoms with Crippen LogP contribution < -0.4 is 11.1 Å². The van der Waals surface area contributed by atoms with Crippen LogP contribution in [-0.2, 0) is 18.4 Å². The summed E-state index contributed by atoms with van der Waals surface area (Å²) in [5.41, 5.74) is 5.34. The number of unbranched alkanes of at least 4 members (excludes halogenated alkanes) is 15. The number of allylic oxidation sites excluding steroid dienone is 7. The summed E-state index contributed by atoms with van der Waals surface area (Å²) in [6.07, 6.45) is 38.7. The predicted octanol–water partition coefficient (Wildman–Crippen LogP) is 9.38. The molecule has 3 atom stereocenters. The highest BCUT2D eigenvalue weighted by molar-refractivity contribution is 7.47. The van der Waals surface area contributed by atoms with Gasteiger partial charge in [-0.15, -0.1) is 0 Å². The fourth-order valence-electron chi connectivity index (χ4n) is 4.83. The van der Waals surface area contributed by atoms with E-state index in [9.17, 15) is 19.4 Å². The number of amides is 1. The average molecular weight is 669 g/mol. The molecule has 0 aromatic carbocycles. The minimum atomic E-state index is -4.34. The number of hydrogen-bond donors (Lipinski definition) is 4. The lowest BCUT2D eigenvalue weighted by Crippen LogP contribution is -2.45. The summed E-state index contributed by atoms with van der Waals surface area (Å²) in [6, 6.07) is -0.883. The molecule has 0 saturated carbocycles. The van der Waals surface area contributed by atoms with Crippen LogP contribution in [0.2, 0.25) is 0 Å². The van der Waals surface area contributed by atoms with Crippen LogP contribution in [0.5, 0.6) is 0 Å². The highest BCUT2D eigenvalue weighted by atomic mass is 31.2. The molecule has 0 bridgehead atoms. The summed E-state index contributed by atoms with van der Waals surface area (Å²) in [4.78, 5) is 22.5. The highest BCUT2D eigenvalue weighted by Crippen LogP contribution is 2.43. The van der Waals surface area contributed by atoms with Crippen LogP contribution in [0.1, 0.15) is 149 Å². The van der Waals surface area contributed by atoms with Gasteiger partial charge in [0.15, 0.2) is 0 Å². The number of carbonyl (C=O) groups is 1. The Morgan fingerprint density at radius 3 is 1.89 bits per heavy atom. The third kappa shape index (κ3) is 31.1. The standard InChI is InChI=1S/C37H69N2O6P/c1-3-5-7-9-11-13-15-17-19-20-22-24-26-28-30-36(40)35(34-45-46(42,43)44-33-32-38)39-37(41)31-29-27-25-23-21-18-16-14-12-10-8-6-4-2/h8,10,14,16,20,22,28,30,35-36,40H,3-7,9,11-13,15,17-19,21,23-27,29,31-34,38H2,1-2H3,(H,39,41)(H,42,43)/b10-8-,16-14-,22-20+,30-28+. The van der Waals surface area contributed by atoms with Crippen molar-refractivity contribution in [1.82, 2.24) is 5.32 Å². The summed E-state index contributed by atoms with van der Waals surface area (Å²) in [6.45, 7) is 4.00. The van der Waals surface area contributed by atoms with Gasteiger partial charge in [0.05, 0.1) is 25.4 Å². The number of phosphoric ester groups is 1. The van der Waals surface area contributed by atoms with Crippen molar-refractivity contribution in [3.05, 3.63) is 48.6 Å². The van der Waals surface area contributed by atoms with Crippen molar-refractivity contribution in [2.24, 2.45) is 5.73 Å². The van der Waals surface area contributed by atoms with E-state index < -0.39 is 20.0 Å². The lowest BCUT2D eigenvalue weighted by atomic mass is 10.1. The topological polar surface area (TPSA) is 131 Å². The molecule has 0 aromatic heterocycles. The second-order valence-electron chi connectivity index (χ2n) is 12.1. The number of aliphatic hydroxyl groups is 1. The summed E-state index contributed by atoms with van der Waals surface area (Å²) in [7, 11) is -4.34. The minimum absolute atomic E-state index is 0.0699. The monoisotopic (exact) mass is 668 g/mol. The fraction of sp³-hybridized carbons (Fsp3) is 0.757. The zero-order valence-electron chi connectivity index (χ0n) is 29.3. The van der Waals surface area contributed by atoms with Crippen LogP contribution in [0.25, 0.3) is 0 Å². The number of carbonyl (C=O) groups excluding carboxylic acids is 1. The van der Waals surface area contributed by atoms with E-state index >= 15 is 0 Å². The van der Waals surface area contributed by atoms with Gasteiger partial charge < -0.3 is 21.1 Å². The van der Waals surface area contributed by atoms with Gasteiger partial charge in [0, 0.05) is 13.0 Å². The number of aliphatic hydroxyl groups excluding tert-OH is 1. The minimum Gasteiger partial charge on any atom is -0.387 e. The maximum Gasteiger partial charge on any atom is 0.472 e. The SMILES string of the molecule is CCC/C=C\C/C=C\CCCCCCCC(=O)NC(COP(=O)(O)OCCN)C(O)/C=C/CC/C=C/CCCCCCCCCC. The van der Waals surface area contributed by atoms with Gasteiger partial charge in [0.1, 0.15) is 0 Å². The molecule has 0 radical (unpaired) electrons. The largest absolute Gasteiger partial charge is 0.472 e. The second-order valence-corrected chi connectivity index (χ2v) is 13.5. The Balaban J connectivity index is 4.44. The van der Waals surface area contributed by atoms with Crippen LogP contribution in [0.4, 0.5) is 0 Å². The number of nitrogens with two attached hydrogens (primary N) is 1. The first-order valence-corrected chi connectivity index (χ1v) is 19.8. The Kier molecular flexibility index (Phi) is 32.2. The molecular weight excluding hydrogens is 599 g/mol. The van der Waals surface area contributed by atoms with Gasteiger partial charge in [-0.2, -0.15) is 0 Å². The van der Waals surface area contributed by atoms with Crippen molar-refractivity contribution in [3.8, 4) is 0 Å². The van der Waals surface area contributed by atoms with Crippen LogP contribution in [0.15, 0.2) is 48.6 Å². The van der Waals surface area contributed by atoms with Crippen LogP contribution in [0, 0.1) is 0 Å². The molecule has 3 unspecified atom stereocenters. The Labute approximate surface area is 282 Å². The molecule has 268 valence electrons. The van der Waals surface area contributed by atoms with Gasteiger partial charge in [-0.05, 0) is 57.8 Å². The molecule has 0 heterocycles. The van der Waals surface area contributed by atoms with E-state index in [4.69, 9.17) is 14.8 Å². The lowest BCUT2D eigenvalue weighted by molar-refractivity contribution is -0.123. The van der Waals surface area contributed by atoms with Gasteiger partial charge in [-0.3, -0.25) is 13.8 Å². The van der Waals surface area contributed by atoms with Crippen molar-refractivity contribution < 1.29 is 28.4 Å². The molecule has 0 spiro atoms. The quantitative estimate of drug-likeness (QED) is 0.0311. The zero-order valence-corrected chi connectivity index (χ0v) is 30.2. The number of phosphoric acid groups is 1. The van der Waals surface area contributed by atoms with E-state index in [1.165, 1.54) is 57.8 Å². The van der Waals surface area contributed by atoms with E-state index in [1.807, 2.05) is 6.08 Å². The molecular formula is C37H69N2O6P. The van der Waals surface area contributed by atoms with Crippen LogP contribution >= 0.6 is 7.82 Å². The molecule has 0 aliphatic carbocycles. The van der Waals surface area contributed by atoms with E-state index in [0.29, 0.717) is 6.42 Å². The first kappa shape index (κ1) is 44.5. The molecule has 0 saturated heterocycles. The maximum atomic E-state index is 12.7. The second kappa shape index (κ2) is 33.4. The van der Waals surface area contributed by atoms with Gasteiger partial charge in [0.25, 0.3) is 0 Å². The van der Waals surface area contributed by atoms with Gasteiger partial charge in [0.2, 0.25) is 5.91 Å². The Hall–Kier alpha value is -1.54. The molecule has 5 N–H and O–H groups in total. The first-order valence-electron chi connectivity index (χ1n) is 18.3. The molecule has 1 amide bonds. The van der Waals surface area contributed by atoms with Crippen molar-refractivity contribution in [2.75, 3.05) is 19.8 Å². The zero-order chi connectivity index (χ0) is 34.0. The molecule has 0 rings (SSSR count). The molecule has 0 aliphatic rings. The molecule has 8 nitrogen and oxygen atoms in total. The van der Waals surface area contributed by atoms with Crippen LogP contribution in [-0.4, -0.2) is 47.8 Å². The molecule has 46 heavy (non-hydrogen) atoms. The summed E-state index contributed by atoms with van der Waals surface area (Å²) < 4.78 is 22.0. The summed E-state index contributed by atoms with van der Waals surface area (Å²) in [5.74, 6) is -0.223. The summed E-state index contributed by atoms with van der Waals surface area (Å²) in [5, 5.41) is 13.5. The Bertz CT molecular complexity index is 861. The lowest BCUT2D eigenvalue weighted by Gasteiger charge is -2.23. The van der Waals surface area contributed by atoms with Gasteiger partial charge in [-0.1, -0.05) is 133 Å². The number of nitrogens with one attached hydrogen (secondary N) is 1. The van der Waals surface area contributed by atoms with Crippen molar-refractivity contribution in [1.29, 1.82) is 0 Å². The molecule has 0 aromatic rings. The summed E-state index contributed by atoms with van der Waals surface area (Å²) >= 11 is 0. The van der Waals surface area contributed by atoms with E-state index in [1.54, 1.807) is 6.08 Å². The van der Waals surface area contributed by atoms with E-state index in [0.717, 1.165) is 70.6 Å². The van der Waals surface area contributed by atoms with E-state index in [2.05, 4.69) is 55.6 Å². The van der Waals surface area contributed by atoms with Crippen molar-refractivity contribution in [2.45, 2.75) is 161 Å². The predicted molar refractivity (Wildman–Crippen MR) is 194 cm³/mol. The molecule has 0 fully saturated rings. The van der Waals surface area contributed by atoms with Gasteiger partial charge in [-0.25, -0.2) is 4.57 Å². The normalized spacial score (nSPS) is 15.0. The smallest absolute Gasteiger partial charge is 0.387 e. The van der Waals surface area contributed by atoms with Crippen molar-refractivity contribution >= 4 is 13.7 Å². The molecule has 0 aliphatic heterocycles. The van der Waals surface area contributed by atoms with Crippen molar-refractivity contribution in [3.63, 3.8) is 0 Å². The van der Waals surface area contributed by atoms with E-state index in [-0.39, 0.29) is 25.7 Å². The Morgan fingerprint density at radius 2 is 1.26 bits per heavy atom. The highest BCUT2D eigenvalue weighted by Gasteiger charge is 2.26. The van der Waals surface area contributed by atoms with Gasteiger partial charge >= 0.3 is 7.82 Å². The number of hydrogen-bond acceptors (Lipinski definition) is 6. The maximum absolute atomic E-state index is 12.7. The third-order valence-electron chi connectivity index (χ3n) is 7.61. The number of rotatable bonds is 33. The fourth-order valence-corrected chi connectivity index (χ4v) is 5.59. The third-order valence-corrected chi connectivity index (χ3v) is 8.59. The molecule has 9 heteroatoms. The first-order chi connectivity index (χ1) is 22.4.